The second-order valence-electron chi connectivity index (χ2n) is 2.69. The molecule has 0 radical (unpaired) electrons. The molecule has 0 aromatic rings. The van der Waals surface area contributed by atoms with Gasteiger partial charge in [0.25, 0.3) is 0 Å². The van der Waals surface area contributed by atoms with Crippen LogP contribution in [0.4, 0.5) is 0 Å². The van der Waals surface area contributed by atoms with E-state index in [4.69, 9.17) is 9.84 Å². The molecule has 0 aliphatic carbocycles. The van der Waals surface area contributed by atoms with Crippen molar-refractivity contribution in [1.82, 2.24) is 0 Å². The Labute approximate surface area is 62.5 Å². The molecule has 10 heavy (non-hydrogen) atoms. The highest BCUT2D eigenvalue weighted by Crippen LogP contribution is 2.18. The van der Waals surface area contributed by atoms with E-state index in [-0.39, 0.29) is 12.2 Å². The fourth-order valence-corrected chi connectivity index (χ4v) is 0.760. The lowest BCUT2D eigenvalue weighted by atomic mass is 9.99. The van der Waals surface area contributed by atoms with Gasteiger partial charge in [0.05, 0.1) is 12.2 Å². The summed E-state index contributed by atoms with van der Waals surface area (Å²) in [4.78, 5) is 0. The molecular weight excluding hydrogens is 128 g/mol. The second-order valence-corrected chi connectivity index (χ2v) is 2.69. The summed E-state index contributed by atoms with van der Waals surface area (Å²) in [5, 5.41) is 8.84. The summed E-state index contributed by atoms with van der Waals surface area (Å²) in [6.07, 6.45) is 1.88. The zero-order valence-electron chi connectivity index (χ0n) is 7.14. The van der Waals surface area contributed by atoms with Crippen LogP contribution >= 0.6 is 0 Å². The zero-order chi connectivity index (χ0) is 8.20. The lowest BCUT2D eigenvalue weighted by Gasteiger charge is -2.24. The van der Waals surface area contributed by atoms with Gasteiger partial charge in [0.15, 0.2) is 0 Å². The smallest absolute Gasteiger partial charge is 0.0853 e. The molecule has 0 aliphatic heterocycles. The SMILES string of the molecule is C/C=C(/CO)C(C)(C)OC. The Hall–Kier alpha value is -0.340. The highest BCUT2D eigenvalue weighted by Gasteiger charge is 2.20. The molecule has 0 aliphatic rings. The van der Waals surface area contributed by atoms with Crippen LogP contribution in [0.1, 0.15) is 20.8 Å². The normalized spacial score (nSPS) is 13.9. The Bertz CT molecular complexity index is 125. The van der Waals surface area contributed by atoms with E-state index in [0.717, 1.165) is 5.57 Å². The van der Waals surface area contributed by atoms with Crippen LogP contribution in [0.5, 0.6) is 0 Å². The minimum absolute atomic E-state index is 0.0668. The largest absolute Gasteiger partial charge is 0.392 e. The van der Waals surface area contributed by atoms with E-state index in [1.165, 1.54) is 0 Å². The van der Waals surface area contributed by atoms with Gasteiger partial charge in [-0.1, -0.05) is 6.08 Å². The third-order valence-corrected chi connectivity index (χ3v) is 1.80. The first-order valence-corrected chi connectivity index (χ1v) is 3.40. The Kier molecular flexibility index (Phi) is 3.61. The van der Waals surface area contributed by atoms with Crippen molar-refractivity contribution in [1.29, 1.82) is 0 Å². The lowest BCUT2D eigenvalue weighted by molar-refractivity contribution is 0.0454. The summed E-state index contributed by atoms with van der Waals surface area (Å²) in [7, 11) is 1.64. The number of rotatable bonds is 3. The zero-order valence-corrected chi connectivity index (χ0v) is 7.14. The number of hydrogen-bond donors (Lipinski definition) is 1. The summed E-state index contributed by atoms with van der Waals surface area (Å²) >= 11 is 0. The maximum absolute atomic E-state index is 8.84. The van der Waals surface area contributed by atoms with Crippen molar-refractivity contribution < 1.29 is 9.84 Å². The van der Waals surface area contributed by atoms with Gasteiger partial charge in [0, 0.05) is 7.11 Å². The number of methoxy groups -OCH3 is 1. The van der Waals surface area contributed by atoms with Crippen molar-refractivity contribution in [2.45, 2.75) is 26.4 Å². The summed E-state index contributed by atoms with van der Waals surface area (Å²) in [6, 6.07) is 0. The predicted molar refractivity (Wildman–Crippen MR) is 41.9 cm³/mol. The van der Waals surface area contributed by atoms with Gasteiger partial charge < -0.3 is 9.84 Å². The molecule has 0 spiro atoms. The lowest BCUT2D eigenvalue weighted by Crippen LogP contribution is -2.27. The predicted octanol–water partition coefficient (Wildman–Crippen LogP) is 1.35. The first-order valence-electron chi connectivity index (χ1n) is 3.40. The maximum atomic E-state index is 8.84. The number of aliphatic hydroxyl groups excluding tert-OH is 1. The van der Waals surface area contributed by atoms with Gasteiger partial charge in [0.2, 0.25) is 0 Å². The molecule has 0 amide bonds. The van der Waals surface area contributed by atoms with Gasteiger partial charge in [0.1, 0.15) is 0 Å². The molecule has 0 aromatic carbocycles. The van der Waals surface area contributed by atoms with Crippen molar-refractivity contribution in [2.75, 3.05) is 13.7 Å². The quantitative estimate of drug-likeness (QED) is 0.606. The molecule has 0 heterocycles. The second kappa shape index (κ2) is 3.74. The molecule has 0 atom stereocenters. The molecule has 0 aromatic heterocycles. The van der Waals surface area contributed by atoms with Crippen molar-refractivity contribution >= 4 is 0 Å². The first-order chi connectivity index (χ1) is 4.58. The van der Waals surface area contributed by atoms with Gasteiger partial charge in [-0.05, 0) is 26.3 Å². The van der Waals surface area contributed by atoms with Crippen LogP contribution in [0, 0.1) is 0 Å². The van der Waals surface area contributed by atoms with Crippen LogP contribution in [0.3, 0.4) is 0 Å². The molecular formula is C8H16O2. The van der Waals surface area contributed by atoms with Crippen LogP contribution in [-0.2, 0) is 4.74 Å². The van der Waals surface area contributed by atoms with E-state index < -0.39 is 0 Å². The summed E-state index contributed by atoms with van der Waals surface area (Å²) in [6.45, 7) is 5.82. The van der Waals surface area contributed by atoms with E-state index in [0.29, 0.717) is 0 Å². The van der Waals surface area contributed by atoms with Crippen molar-refractivity contribution in [3.8, 4) is 0 Å². The van der Waals surface area contributed by atoms with E-state index in [1.54, 1.807) is 7.11 Å². The molecule has 0 unspecified atom stereocenters. The van der Waals surface area contributed by atoms with Gasteiger partial charge in [-0.2, -0.15) is 0 Å². The highest BCUT2D eigenvalue weighted by atomic mass is 16.5. The first kappa shape index (κ1) is 9.66. The molecule has 0 fully saturated rings. The number of allylic oxidation sites excluding steroid dienone is 1. The summed E-state index contributed by atoms with van der Waals surface area (Å²) in [5.74, 6) is 0. The average molecular weight is 144 g/mol. The van der Waals surface area contributed by atoms with Crippen molar-refractivity contribution in [3.05, 3.63) is 11.6 Å². The average Bonchev–Trinajstić information content (AvgIpc) is 1.90. The molecule has 1 N–H and O–H groups in total. The highest BCUT2D eigenvalue weighted by molar-refractivity contribution is 5.13. The summed E-state index contributed by atoms with van der Waals surface area (Å²) < 4.78 is 5.15. The van der Waals surface area contributed by atoms with Crippen molar-refractivity contribution in [3.63, 3.8) is 0 Å². The molecule has 2 heteroatoms. The van der Waals surface area contributed by atoms with Crippen LogP contribution in [0.25, 0.3) is 0 Å². The Morgan fingerprint density at radius 1 is 1.60 bits per heavy atom. The molecule has 0 bridgehead atoms. The van der Waals surface area contributed by atoms with E-state index >= 15 is 0 Å². The monoisotopic (exact) mass is 144 g/mol. The van der Waals surface area contributed by atoms with Crippen LogP contribution in [0.15, 0.2) is 11.6 Å². The van der Waals surface area contributed by atoms with Crippen LogP contribution in [-0.4, -0.2) is 24.4 Å². The van der Waals surface area contributed by atoms with Gasteiger partial charge in [-0.3, -0.25) is 0 Å². The molecule has 0 saturated carbocycles. The standard InChI is InChI=1S/C8H16O2/c1-5-7(6-9)8(2,3)10-4/h5,9H,6H2,1-4H3/b7-5-. The molecule has 2 nitrogen and oxygen atoms in total. The molecule has 60 valence electrons. The Balaban J connectivity index is 4.28. The number of hydrogen-bond acceptors (Lipinski definition) is 2. The van der Waals surface area contributed by atoms with E-state index in [1.807, 2.05) is 26.8 Å². The fraction of sp³-hybridized carbons (Fsp3) is 0.750. The van der Waals surface area contributed by atoms with Crippen LogP contribution in [0.2, 0.25) is 0 Å². The molecule has 0 saturated heterocycles. The minimum atomic E-state index is -0.330. The van der Waals surface area contributed by atoms with E-state index in [2.05, 4.69) is 0 Å². The topological polar surface area (TPSA) is 29.5 Å². The summed E-state index contributed by atoms with van der Waals surface area (Å²) in [5.41, 5.74) is 0.582. The molecule has 0 rings (SSSR count). The van der Waals surface area contributed by atoms with E-state index in [9.17, 15) is 0 Å². The Morgan fingerprint density at radius 3 is 2.20 bits per heavy atom. The third kappa shape index (κ3) is 2.12. The fourth-order valence-electron chi connectivity index (χ4n) is 0.760. The maximum Gasteiger partial charge on any atom is 0.0853 e. The van der Waals surface area contributed by atoms with Gasteiger partial charge in [-0.15, -0.1) is 0 Å². The minimum Gasteiger partial charge on any atom is -0.392 e. The number of ether oxygens (including phenoxy) is 1. The van der Waals surface area contributed by atoms with Crippen molar-refractivity contribution in [2.24, 2.45) is 0 Å². The third-order valence-electron chi connectivity index (χ3n) is 1.80. The number of aliphatic hydroxyl groups is 1. The van der Waals surface area contributed by atoms with Gasteiger partial charge >= 0.3 is 0 Å². The Morgan fingerprint density at radius 2 is 2.10 bits per heavy atom. The van der Waals surface area contributed by atoms with Gasteiger partial charge in [-0.25, -0.2) is 0 Å². The van der Waals surface area contributed by atoms with Crippen LogP contribution < -0.4 is 0 Å².